The number of nitrogens with one attached hydrogen (secondary N) is 1. The summed E-state index contributed by atoms with van der Waals surface area (Å²) in [5, 5.41) is 0.687. The van der Waals surface area contributed by atoms with Crippen LogP contribution in [0.25, 0.3) is 11.0 Å². The van der Waals surface area contributed by atoms with Gasteiger partial charge in [-0.25, -0.2) is 19.8 Å². The van der Waals surface area contributed by atoms with Crippen molar-refractivity contribution in [1.82, 2.24) is 15.4 Å². The largest absolute Gasteiger partial charge is 0.456 e. The normalized spacial score (nSPS) is 12.7. The van der Waals surface area contributed by atoms with E-state index < -0.39 is 11.9 Å². The molecule has 0 aliphatic heterocycles. The van der Waals surface area contributed by atoms with Crippen LogP contribution >= 0.6 is 0 Å². The van der Waals surface area contributed by atoms with E-state index in [1.165, 1.54) is 12.4 Å². The van der Waals surface area contributed by atoms with E-state index in [1.54, 1.807) is 30.6 Å². The Hall–Kier alpha value is -2.31. The molecule has 0 saturated heterocycles. The Kier molecular flexibility index (Phi) is 2.94. The zero-order valence-corrected chi connectivity index (χ0v) is 9.88. The summed E-state index contributed by atoms with van der Waals surface area (Å²) in [7, 11) is 0. The monoisotopic (exact) mass is 258 g/mol. The molecule has 0 aliphatic carbocycles. The van der Waals surface area contributed by atoms with Gasteiger partial charge in [0.2, 0.25) is 0 Å². The molecule has 0 fully saturated rings. The zero-order chi connectivity index (χ0) is 13.2. The summed E-state index contributed by atoms with van der Waals surface area (Å²) >= 11 is 0. The number of hydrogen-bond donors (Lipinski definition) is 2. The fourth-order valence-corrected chi connectivity index (χ4v) is 1.99. The van der Waals surface area contributed by atoms with E-state index in [2.05, 4.69) is 15.4 Å². The molecule has 1 unspecified atom stereocenters. The van der Waals surface area contributed by atoms with Crippen LogP contribution in [0.2, 0.25) is 0 Å². The lowest BCUT2D eigenvalue weighted by Crippen LogP contribution is -2.28. The number of halogens is 1. The molecule has 0 radical (unpaired) electrons. The number of furan rings is 1. The number of benzene rings is 1. The van der Waals surface area contributed by atoms with Crippen molar-refractivity contribution in [3.63, 3.8) is 0 Å². The van der Waals surface area contributed by atoms with Gasteiger partial charge < -0.3 is 4.42 Å². The van der Waals surface area contributed by atoms with Crippen molar-refractivity contribution in [2.45, 2.75) is 6.04 Å². The van der Waals surface area contributed by atoms with E-state index in [-0.39, 0.29) is 5.58 Å². The molecule has 19 heavy (non-hydrogen) atoms. The minimum Gasteiger partial charge on any atom is -0.456 e. The SMILES string of the molecule is NNC(c1cncnc1)c1cc2cccc(F)c2o1. The number of hydrogen-bond acceptors (Lipinski definition) is 5. The summed E-state index contributed by atoms with van der Waals surface area (Å²) in [6.45, 7) is 0. The lowest BCUT2D eigenvalue weighted by Gasteiger charge is -2.12. The van der Waals surface area contributed by atoms with Crippen molar-refractivity contribution < 1.29 is 8.81 Å². The molecule has 1 aromatic carbocycles. The van der Waals surface area contributed by atoms with Crippen molar-refractivity contribution in [2.24, 2.45) is 5.84 Å². The van der Waals surface area contributed by atoms with Crippen LogP contribution in [0, 0.1) is 5.82 Å². The summed E-state index contributed by atoms with van der Waals surface area (Å²) in [5.41, 5.74) is 3.58. The second-order valence-corrected chi connectivity index (χ2v) is 4.08. The Morgan fingerprint density at radius 1 is 1.26 bits per heavy atom. The van der Waals surface area contributed by atoms with Gasteiger partial charge in [-0.15, -0.1) is 0 Å². The van der Waals surface area contributed by atoms with Crippen LogP contribution in [0.1, 0.15) is 17.4 Å². The number of fused-ring (bicyclic) bond motifs is 1. The molecular weight excluding hydrogens is 247 g/mol. The van der Waals surface area contributed by atoms with Crippen molar-refractivity contribution in [1.29, 1.82) is 0 Å². The minimum atomic E-state index is -0.423. The molecule has 1 atom stereocenters. The standard InChI is InChI=1S/C13H11FN4O/c14-10-3-1-2-8-4-11(19-13(8)10)12(18-15)9-5-16-7-17-6-9/h1-7,12,18H,15H2. The average Bonchev–Trinajstić information content (AvgIpc) is 2.86. The first-order valence-electron chi connectivity index (χ1n) is 5.68. The topological polar surface area (TPSA) is 77.0 Å². The molecule has 3 aromatic rings. The van der Waals surface area contributed by atoms with Crippen LogP contribution < -0.4 is 11.3 Å². The van der Waals surface area contributed by atoms with Crippen molar-refractivity contribution >= 4 is 11.0 Å². The maximum absolute atomic E-state index is 13.6. The summed E-state index contributed by atoms with van der Waals surface area (Å²) in [4.78, 5) is 7.86. The molecule has 2 aromatic heterocycles. The van der Waals surface area contributed by atoms with Gasteiger partial charge >= 0.3 is 0 Å². The zero-order valence-electron chi connectivity index (χ0n) is 9.88. The molecule has 6 heteroatoms. The molecule has 0 amide bonds. The third-order valence-corrected chi connectivity index (χ3v) is 2.88. The maximum atomic E-state index is 13.6. The molecule has 3 rings (SSSR count). The van der Waals surface area contributed by atoms with E-state index in [0.29, 0.717) is 11.1 Å². The lowest BCUT2D eigenvalue weighted by atomic mass is 10.1. The van der Waals surface area contributed by atoms with Crippen molar-refractivity contribution in [3.05, 3.63) is 60.1 Å². The van der Waals surface area contributed by atoms with Gasteiger partial charge in [0.15, 0.2) is 11.4 Å². The number of para-hydroxylation sites is 1. The predicted octanol–water partition coefficient (Wildman–Crippen LogP) is 1.91. The van der Waals surface area contributed by atoms with E-state index in [1.807, 2.05) is 0 Å². The number of nitrogens with zero attached hydrogens (tertiary/aromatic N) is 2. The Bertz CT molecular complexity index is 698. The molecule has 0 spiro atoms. The predicted molar refractivity (Wildman–Crippen MR) is 67.4 cm³/mol. The van der Waals surface area contributed by atoms with E-state index in [4.69, 9.17) is 10.3 Å². The second kappa shape index (κ2) is 4.75. The van der Waals surface area contributed by atoms with Gasteiger partial charge in [-0.3, -0.25) is 5.84 Å². The molecule has 0 saturated carbocycles. The van der Waals surface area contributed by atoms with Gasteiger partial charge in [0.25, 0.3) is 0 Å². The molecule has 5 nitrogen and oxygen atoms in total. The Morgan fingerprint density at radius 2 is 2.05 bits per heavy atom. The first-order chi connectivity index (χ1) is 9.29. The molecule has 2 heterocycles. The second-order valence-electron chi connectivity index (χ2n) is 4.08. The van der Waals surface area contributed by atoms with Gasteiger partial charge in [-0.1, -0.05) is 12.1 Å². The third-order valence-electron chi connectivity index (χ3n) is 2.88. The van der Waals surface area contributed by atoms with E-state index in [0.717, 1.165) is 5.56 Å². The molecule has 0 aliphatic rings. The number of hydrazine groups is 1. The van der Waals surface area contributed by atoms with Crippen LogP contribution in [0.4, 0.5) is 4.39 Å². The van der Waals surface area contributed by atoms with Crippen LogP contribution in [0.15, 0.2) is 47.4 Å². The highest BCUT2D eigenvalue weighted by molar-refractivity contribution is 5.78. The summed E-state index contributed by atoms with van der Waals surface area (Å²) < 4.78 is 19.1. The van der Waals surface area contributed by atoms with Gasteiger partial charge in [-0.2, -0.15) is 0 Å². The van der Waals surface area contributed by atoms with Crippen molar-refractivity contribution in [3.8, 4) is 0 Å². The summed E-state index contributed by atoms with van der Waals surface area (Å²) in [5.74, 6) is 5.65. The summed E-state index contributed by atoms with van der Waals surface area (Å²) in [6.07, 6.45) is 4.68. The number of rotatable bonds is 3. The third kappa shape index (κ3) is 2.07. The number of aromatic nitrogens is 2. The van der Waals surface area contributed by atoms with Gasteiger partial charge in [0.05, 0.1) is 0 Å². The number of nitrogens with two attached hydrogens (primary N) is 1. The molecular formula is C13H11FN4O. The fourth-order valence-electron chi connectivity index (χ4n) is 1.99. The van der Waals surface area contributed by atoms with Crippen LogP contribution in [-0.4, -0.2) is 9.97 Å². The Balaban J connectivity index is 2.09. The van der Waals surface area contributed by atoms with Gasteiger partial charge in [0, 0.05) is 23.3 Å². The highest BCUT2D eigenvalue weighted by Gasteiger charge is 2.18. The smallest absolute Gasteiger partial charge is 0.169 e. The van der Waals surface area contributed by atoms with Crippen molar-refractivity contribution in [2.75, 3.05) is 0 Å². The quantitative estimate of drug-likeness (QED) is 0.554. The first-order valence-corrected chi connectivity index (χ1v) is 5.68. The Labute approximate surface area is 108 Å². The average molecular weight is 258 g/mol. The minimum absolute atomic E-state index is 0.217. The van der Waals surface area contributed by atoms with Crippen LogP contribution in [0.5, 0.6) is 0 Å². The maximum Gasteiger partial charge on any atom is 0.169 e. The van der Waals surface area contributed by atoms with Crippen LogP contribution in [-0.2, 0) is 0 Å². The van der Waals surface area contributed by atoms with Gasteiger partial charge in [0.1, 0.15) is 18.1 Å². The van der Waals surface area contributed by atoms with E-state index in [9.17, 15) is 4.39 Å². The van der Waals surface area contributed by atoms with E-state index >= 15 is 0 Å². The van der Waals surface area contributed by atoms with Gasteiger partial charge in [-0.05, 0) is 12.1 Å². The lowest BCUT2D eigenvalue weighted by molar-refractivity contribution is 0.463. The summed E-state index contributed by atoms with van der Waals surface area (Å²) in [6, 6.07) is 6.09. The van der Waals surface area contributed by atoms with Crippen LogP contribution in [0.3, 0.4) is 0 Å². The highest BCUT2D eigenvalue weighted by atomic mass is 19.1. The molecule has 0 bridgehead atoms. The molecule has 96 valence electrons. The fraction of sp³-hybridized carbons (Fsp3) is 0.0769. The highest BCUT2D eigenvalue weighted by Crippen LogP contribution is 2.28. The Morgan fingerprint density at radius 3 is 2.74 bits per heavy atom. The molecule has 3 N–H and O–H groups in total. The first kappa shape index (κ1) is 11.8.